The fourth-order valence-corrected chi connectivity index (χ4v) is 3.45. The lowest BCUT2D eigenvalue weighted by Gasteiger charge is -2.36. The first-order chi connectivity index (χ1) is 12.5. The highest BCUT2D eigenvalue weighted by atomic mass is 16.4. The number of carbonyl (C=O) groups is 1. The summed E-state index contributed by atoms with van der Waals surface area (Å²) in [6.07, 6.45) is 2.89. The molecule has 4 rings (SSSR count). The standard InChI is InChI=1S/C23H20O3/c1-16-3-5-17(6-4-16)7-8-18-9-10-21-19(13-18)14-20(26-21)15-23(22(24)25)11-2-12-23/h3-6,9-10,13-14H,2,11-12,15H2,1H3,(H,24,25). The summed E-state index contributed by atoms with van der Waals surface area (Å²) in [4.78, 5) is 11.6. The minimum atomic E-state index is -0.714. The number of fused-ring (bicyclic) bond motifs is 1. The third-order valence-electron chi connectivity index (χ3n) is 5.25. The quantitative estimate of drug-likeness (QED) is 0.685. The molecule has 1 aromatic heterocycles. The van der Waals surface area contributed by atoms with Gasteiger partial charge in [0.15, 0.2) is 0 Å². The van der Waals surface area contributed by atoms with Crippen molar-refractivity contribution in [2.75, 3.05) is 0 Å². The lowest BCUT2D eigenvalue weighted by molar-refractivity contribution is -0.154. The van der Waals surface area contributed by atoms with Crippen LogP contribution in [-0.4, -0.2) is 11.1 Å². The van der Waals surface area contributed by atoms with Crippen LogP contribution in [0.3, 0.4) is 0 Å². The molecule has 0 unspecified atom stereocenters. The zero-order chi connectivity index (χ0) is 18.1. The summed E-state index contributed by atoms with van der Waals surface area (Å²) < 4.78 is 5.87. The van der Waals surface area contributed by atoms with Crippen molar-refractivity contribution in [2.24, 2.45) is 5.41 Å². The maximum absolute atomic E-state index is 11.6. The predicted molar refractivity (Wildman–Crippen MR) is 101 cm³/mol. The van der Waals surface area contributed by atoms with Gasteiger partial charge in [-0.15, -0.1) is 0 Å². The van der Waals surface area contributed by atoms with Crippen LogP contribution in [0, 0.1) is 24.2 Å². The van der Waals surface area contributed by atoms with E-state index in [0.717, 1.165) is 47.1 Å². The normalized spacial score (nSPS) is 15.1. The van der Waals surface area contributed by atoms with Gasteiger partial charge in [0.1, 0.15) is 11.3 Å². The summed E-state index contributed by atoms with van der Waals surface area (Å²) in [6.45, 7) is 2.06. The number of aryl methyl sites for hydroxylation is 1. The van der Waals surface area contributed by atoms with E-state index in [2.05, 4.69) is 18.8 Å². The summed E-state index contributed by atoms with van der Waals surface area (Å²) in [7, 11) is 0. The smallest absolute Gasteiger partial charge is 0.310 e. The van der Waals surface area contributed by atoms with Crippen LogP contribution in [-0.2, 0) is 11.2 Å². The zero-order valence-electron chi connectivity index (χ0n) is 14.7. The van der Waals surface area contributed by atoms with E-state index in [0.29, 0.717) is 6.42 Å². The molecular weight excluding hydrogens is 324 g/mol. The summed E-state index contributed by atoms with van der Waals surface area (Å²) in [5, 5.41) is 10.5. The Morgan fingerprint density at radius 1 is 1.08 bits per heavy atom. The third-order valence-corrected chi connectivity index (χ3v) is 5.25. The molecule has 3 aromatic rings. The first kappa shape index (κ1) is 16.5. The van der Waals surface area contributed by atoms with E-state index >= 15 is 0 Å². The number of hydrogen-bond acceptors (Lipinski definition) is 2. The average molecular weight is 344 g/mol. The van der Waals surface area contributed by atoms with Gasteiger partial charge in [-0.3, -0.25) is 4.79 Å². The largest absolute Gasteiger partial charge is 0.481 e. The number of aliphatic carboxylic acids is 1. The van der Waals surface area contributed by atoms with Crippen LogP contribution in [0.1, 0.15) is 41.7 Å². The van der Waals surface area contributed by atoms with E-state index in [1.54, 1.807) is 0 Å². The van der Waals surface area contributed by atoms with Crippen molar-refractivity contribution in [3.8, 4) is 11.8 Å². The molecule has 0 atom stereocenters. The Kier molecular flexibility index (Phi) is 4.05. The first-order valence-corrected chi connectivity index (χ1v) is 8.89. The molecule has 1 aliphatic carbocycles. The molecule has 0 radical (unpaired) electrons. The first-order valence-electron chi connectivity index (χ1n) is 8.89. The molecule has 1 N–H and O–H groups in total. The topological polar surface area (TPSA) is 50.4 Å². The van der Waals surface area contributed by atoms with Crippen molar-refractivity contribution in [2.45, 2.75) is 32.6 Å². The van der Waals surface area contributed by atoms with Crippen LogP contribution in [0.4, 0.5) is 0 Å². The van der Waals surface area contributed by atoms with Gasteiger partial charge in [0.05, 0.1) is 5.41 Å². The molecule has 3 nitrogen and oxygen atoms in total. The molecule has 26 heavy (non-hydrogen) atoms. The summed E-state index contributed by atoms with van der Waals surface area (Å²) in [6, 6.07) is 15.9. The Morgan fingerprint density at radius 2 is 1.77 bits per heavy atom. The van der Waals surface area contributed by atoms with Gasteiger partial charge in [0, 0.05) is 22.9 Å². The van der Waals surface area contributed by atoms with Crippen molar-refractivity contribution in [3.63, 3.8) is 0 Å². The Hall–Kier alpha value is -2.99. The number of carboxylic acids is 1. The second kappa shape index (κ2) is 6.38. The fraction of sp³-hybridized carbons (Fsp3) is 0.261. The highest BCUT2D eigenvalue weighted by Crippen LogP contribution is 2.44. The Morgan fingerprint density at radius 3 is 2.42 bits per heavy atom. The van der Waals surface area contributed by atoms with Crippen LogP contribution < -0.4 is 0 Å². The maximum atomic E-state index is 11.6. The lowest BCUT2D eigenvalue weighted by atomic mass is 9.66. The van der Waals surface area contributed by atoms with Gasteiger partial charge in [-0.2, -0.15) is 0 Å². The van der Waals surface area contributed by atoms with Crippen molar-refractivity contribution in [1.82, 2.24) is 0 Å². The van der Waals surface area contributed by atoms with Crippen LogP contribution in [0.15, 0.2) is 52.9 Å². The second-order valence-corrected chi connectivity index (χ2v) is 7.20. The average Bonchev–Trinajstić information content (AvgIpc) is 2.99. The molecule has 0 spiro atoms. The number of furan rings is 1. The lowest BCUT2D eigenvalue weighted by Crippen LogP contribution is -2.39. The fourth-order valence-electron chi connectivity index (χ4n) is 3.45. The number of hydrogen-bond donors (Lipinski definition) is 1. The van der Waals surface area contributed by atoms with Crippen molar-refractivity contribution < 1.29 is 14.3 Å². The molecule has 0 saturated heterocycles. The number of rotatable bonds is 3. The molecule has 3 heteroatoms. The molecular formula is C23H20O3. The molecule has 0 bridgehead atoms. The predicted octanol–water partition coefficient (Wildman–Crippen LogP) is 4.94. The number of benzene rings is 2. The molecule has 1 saturated carbocycles. The van der Waals surface area contributed by atoms with Crippen molar-refractivity contribution in [3.05, 3.63) is 71.0 Å². The van der Waals surface area contributed by atoms with Gasteiger partial charge in [-0.25, -0.2) is 0 Å². The van der Waals surface area contributed by atoms with E-state index in [1.165, 1.54) is 5.56 Å². The highest BCUT2D eigenvalue weighted by Gasteiger charge is 2.45. The van der Waals surface area contributed by atoms with Gasteiger partial charge in [0.2, 0.25) is 0 Å². The van der Waals surface area contributed by atoms with Gasteiger partial charge in [0.25, 0.3) is 0 Å². The summed E-state index contributed by atoms with van der Waals surface area (Å²) in [5.74, 6) is 6.39. The maximum Gasteiger partial charge on any atom is 0.310 e. The molecule has 2 aromatic carbocycles. The molecule has 1 heterocycles. The summed E-state index contributed by atoms with van der Waals surface area (Å²) in [5.41, 5.74) is 3.26. The van der Waals surface area contributed by atoms with E-state index < -0.39 is 11.4 Å². The van der Waals surface area contributed by atoms with Crippen molar-refractivity contribution >= 4 is 16.9 Å². The van der Waals surface area contributed by atoms with Crippen LogP contribution in [0.5, 0.6) is 0 Å². The molecule has 1 fully saturated rings. The highest BCUT2D eigenvalue weighted by molar-refractivity contribution is 5.80. The third kappa shape index (κ3) is 3.11. The molecule has 1 aliphatic rings. The minimum Gasteiger partial charge on any atom is -0.481 e. The van der Waals surface area contributed by atoms with Gasteiger partial charge >= 0.3 is 5.97 Å². The molecule has 0 aliphatic heterocycles. The van der Waals surface area contributed by atoms with Gasteiger partial charge in [-0.1, -0.05) is 36.0 Å². The van der Waals surface area contributed by atoms with Crippen LogP contribution >= 0.6 is 0 Å². The Labute approximate surface area is 152 Å². The second-order valence-electron chi connectivity index (χ2n) is 7.20. The van der Waals surface area contributed by atoms with Gasteiger partial charge in [-0.05, 0) is 56.2 Å². The minimum absolute atomic E-state index is 0.460. The van der Waals surface area contributed by atoms with Crippen molar-refractivity contribution in [1.29, 1.82) is 0 Å². The van der Waals surface area contributed by atoms with Gasteiger partial charge < -0.3 is 9.52 Å². The summed E-state index contributed by atoms with van der Waals surface area (Å²) >= 11 is 0. The molecule has 130 valence electrons. The Balaban J connectivity index is 1.58. The Bertz CT molecular complexity index is 1020. The van der Waals surface area contributed by atoms with E-state index in [1.807, 2.05) is 48.5 Å². The van der Waals surface area contributed by atoms with E-state index in [-0.39, 0.29) is 0 Å². The monoisotopic (exact) mass is 344 g/mol. The SMILES string of the molecule is Cc1ccc(C#Cc2ccc3oc(CC4(C(=O)O)CCC4)cc3c2)cc1. The van der Waals surface area contributed by atoms with E-state index in [9.17, 15) is 9.90 Å². The zero-order valence-corrected chi connectivity index (χ0v) is 14.7. The van der Waals surface area contributed by atoms with Crippen LogP contribution in [0.25, 0.3) is 11.0 Å². The number of carboxylic acid groups (broad SMARTS) is 1. The van der Waals surface area contributed by atoms with E-state index in [4.69, 9.17) is 4.42 Å². The van der Waals surface area contributed by atoms with Crippen LogP contribution in [0.2, 0.25) is 0 Å². The molecule has 0 amide bonds.